The van der Waals surface area contributed by atoms with Gasteiger partial charge in [0.15, 0.2) is 5.16 Å². The van der Waals surface area contributed by atoms with Gasteiger partial charge in [-0.3, -0.25) is 4.79 Å². The second-order valence-corrected chi connectivity index (χ2v) is 9.78. The quantitative estimate of drug-likeness (QED) is 0.381. The van der Waals surface area contributed by atoms with Crippen LogP contribution in [0.25, 0.3) is 0 Å². The number of thioether (sulfide) groups is 1. The Hall–Kier alpha value is -2.82. The first-order valence-corrected chi connectivity index (χ1v) is 12.0. The SMILES string of the molecule is CC[C@@H](Sc1nc(Cc2ccc(O)cc2)c(C)[nH]1)C(=O)Nc1ccc(S(N)(=O)=O)cc1. The molecule has 0 aliphatic rings. The van der Waals surface area contributed by atoms with Crippen LogP contribution < -0.4 is 10.5 Å². The molecular weight excluding hydrogens is 436 g/mol. The average molecular weight is 461 g/mol. The van der Waals surface area contributed by atoms with Crippen LogP contribution in [0.1, 0.15) is 30.3 Å². The molecule has 1 atom stereocenters. The van der Waals surface area contributed by atoms with Gasteiger partial charge in [0.25, 0.3) is 0 Å². The molecule has 31 heavy (non-hydrogen) atoms. The lowest BCUT2D eigenvalue weighted by Gasteiger charge is -2.13. The molecule has 1 aromatic heterocycles. The van der Waals surface area contributed by atoms with Gasteiger partial charge in [0.2, 0.25) is 15.9 Å². The van der Waals surface area contributed by atoms with Crippen LogP contribution in [0.3, 0.4) is 0 Å². The maximum Gasteiger partial charge on any atom is 0.238 e. The monoisotopic (exact) mass is 460 g/mol. The fourth-order valence-corrected chi connectivity index (χ4v) is 4.40. The number of anilines is 1. The van der Waals surface area contributed by atoms with Crippen LogP contribution in [-0.2, 0) is 21.2 Å². The number of carbonyl (C=O) groups is 1. The number of primary sulfonamides is 1. The normalized spacial score (nSPS) is 12.5. The van der Waals surface area contributed by atoms with Crippen molar-refractivity contribution in [1.82, 2.24) is 9.97 Å². The highest BCUT2D eigenvalue weighted by Gasteiger charge is 2.21. The number of sulfonamides is 1. The number of aromatic hydroxyl groups is 1. The van der Waals surface area contributed by atoms with Crippen molar-refractivity contribution in [2.75, 3.05) is 5.32 Å². The molecule has 8 nitrogen and oxygen atoms in total. The number of nitrogens with two attached hydrogens (primary N) is 1. The van der Waals surface area contributed by atoms with E-state index in [4.69, 9.17) is 5.14 Å². The van der Waals surface area contributed by atoms with Gasteiger partial charge in [0.05, 0.1) is 15.8 Å². The standard InChI is InChI=1S/C21H24N4O4S2/c1-3-19(20(27)24-15-6-10-17(11-7-15)31(22,28)29)30-21-23-13(2)18(25-21)12-14-4-8-16(26)9-5-14/h4-11,19,26H,3,12H2,1-2H3,(H,23,25)(H,24,27)(H2,22,28,29)/t19-/m1/s1. The number of aromatic nitrogens is 2. The van der Waals surface area contributed by atoms with Crippen molar-refractivity contribution >= 4 is 33.4 Å². The van der Waals surface area contributed by atoms with Gasteiger partial charge in [-0.25, -0.2) is 18.5 Å². The summed E-state index contributed by atoms with van der Waals surface area (Å²) in [5, 5.41) is 17.6. The summed E-state index contributed by atoms with van der Waals surface area (Å²) in [6.45, 7) is 3.84. The fourth-order valence-electron chi connectivity index (χ4n) is 2.91. The second-order valence-electron chi connectivity index (χ2n) is 7.03. The predicted octanol–water partition coefficient (Wildman–Crippen LogP) is 3.17. The van der Waals surface area contributed by atoms with Crippen molar-refractivity contribution in [3.8, 4) is 5.75 Å². The van der Waals surface area contributed by atoms with Gasteiger partial charge in [-0.05, 0) is 55.3 Å². The van der Waals surface area contributed by atoms with Crippen molar-refractivity contribution in [3.05, 3.63) is 65.5 Å². The summed E-state index contributed by atoms with van der Waals surface area (Å²) in [4.78, 5) is 20.5. The highest BCUT2D eigenvalue weighted by atomic mass is 32.2. The molecular formula is C21H24N4O4S2. The number of phenolic OH excluding ortho intramolecular Hbond substituents is 1. The Morgan fingerprint density at radius 3 is 2.42 bits per heavy atom. The molecule has 0 fully saturated rings. The summed E-state index contributed by atoms with van der Waals surface area (Å²) in [6, 6.07) is 12.7. The van der Waals surface area contributed by atoms with Crippen molar-refractivity contribution in [2.24, 2.45) is 5.14 Å². The number of phenols is 1. The third-order valence-corrected chi connectivity index (χ3v) is 6.82. The van der Waals surface area contributed by atoms with E-state index in [1.165, 1.54) is 36.0 Å². The Bertz CT molecular complexity index is 1160. The van der Waals surface area contributed by atoms with Crippen LogP contribution in [0.5, 0.6) is 5.75 Å². The number of nitrogens with zero attached hydrogens (tertiary/aromatic N) is 1. The molecule has 10 heteroatoms. The minimum atomic E-state index is -3.78. The summed E-state index contributed by atoms with van der Waals surface area (Å²) < 4.78 is 22.7. The maximum atomic E-state index is 12.7. The first-order valence-electron chi connectivity index (χ1n) is 9.59. The third-order valence-electron chi connectivity index (χ3n) is 4.64. The minimum Gasteiger partial charge on any atom is -0.508 e. The molecule has 5 N–H and O–H groups in total. The molecule has 0 unspecified atom stereocenters. The molecule has 0 aliphatic heterocycles. The molecule has 3 aromatic rings. The number of nitrogens with one attached hydrogen (secondary N) is 2. The van der Waals surface area contributed by atoms with Crippen molar-refractivity contribution in [2.45, 2.75) is 42.0 Å². The van der Waals surface area contributed by atoms with Crippen LogP contribution in [0.15, 0.2) is 58.6 Å². The molecule has 164 valence electrons. The number of hydrogen-bond acceptors (Lipinski definition) is 6. The molecule has 0 saturated heterocycles. The smallest absolute Gasteiger partial charge is 0.238 e. The van der Waals surface area contributed by atoms with E-state index in [-0.39, 0.29) is 21.8 Å². The number of hydrogen-bond donors (Lipinski definition) is 4. The minimum absolute atomic E-state index is 0.0147. The van der Waals surface area contributed by atoms with E-state index >= 15 is 0 Å². The lowest BCUT2D eigenvalue weighted by molar-refractivity contribution is -0.115. The Morgan fingerprint density at radius 1 is 1.19 bits per heavy atom. The van der Waals surface area contributed by atoms with Gasteiger partial charge >= 0.3 is 0 Å². The van der Waals surface area contributed by atoms with E-state index in [9.17, 15) is 18.3 Å². The lowest BCUT2D eigenvalue weighted by atomic mass is 10.1. The molecule has 1 amide bonds. The molecule has 1 heterocycles. The summed E-state index contributed by atoms with van der Waals surface area (Å²) in [5.41, 5.74) is 3.31. The molecule has 3 rings (SSSR count). The van der Waals surface area contributed by atoms with Gasteiger partial charge in [-0.1, -0.05) is 30.8 Å². The van der Waals surface area contributed by atoms with Gasteiger partial charge < -0.3 is 15.4 Å². The zero-order valence-electron chi connectivity index (χ0n) is 17.1. The number of carbonyl (C=O) groups excluding carboxylic acids is 1. The first kappa shape index (κ1) is 22.9. The number of aromatic amines is 1. The van der Waals surface area contributed by atoms with E-state index in [1.54, 1.807) is 12.1 Å². The maximum absolute atomic E-state index is 12.7. The fraction of sp³-hybridized carbons (Fsp3) is 0.238. The molecule has 2 aromatic carbocycles. The predicted molar refractivity (Wildman–Crippen MR) is 121 cm³/mol. The van der Waals surface area contributed by atoms with Crippen molar-refractivity contribution < 1.29 is 18.3 Å². The van der Waals surface area contributed by atoms with E-state index in [0.717, 1.165) is 17.0 Å². The summed E-state index contributed by atoms with van der Waals surface area (Å²) >= 11 is 1.34. The van der Waals surface area contributed by atoms with E-state index in [0.29, 0.717) is 23.7 Å². The number of benzene rings is 2. The molecule has 0 aliphatic carbocycles. The van der Waals surface area contributed by atoms with E-state index in [2.05, 4.69) is 15.3 Å². The Balaban J connectivity index is 1.66. The lowest BCUT2D eigenvalue weighted by Crippen LogP contribution is -2.24. The van der Waals surface area contributed by atoms with Crippen molar-refractivity contribution in [3.63, 3.8) is 0 Å². The number of amides is 1. The number of rotatable bonds is 8. The Kier molecular flexibility index (Phi) is 7.04. The van der Waals surface area contributed by atoms with Gasteiger partial charge in [0.1, 0.15) is 5.75 Å². The molecule has 0 spiro atoms. The highest BCUT2D eigenvalue weighted by molar-refractivity contribution is 8.00. The Morgan fingerprint density at radius 2 is 1.84 bits per heavy atom. The van der Waals surface area contributed by atoms with Gasteiger partial charge in [-0.2, -0.15) is 0 Å². The number of H-pyrrole nitrogens is 1. The zero-order valence-corrected chi connectivity index (χ0v) is 18.8. The van der Waals surface area contributed by atoms with Crippen LogP contribution >= 0.6 is 11.8 Å². The van der Waals surface area contributed by atoms with Gasteiger partial charge in [0, 0.05) is 17.8 Å². The van der Waals surface area contributed by atoms with Crippen LogP contribution in [-0.4, -0.2) is 34.6 Å². The summed E-state index contributed by atoms with van der Waals surface area (Å²) in [7, 11) is -3.78. The molecule has 0 radical (unpaired) electrons. The number of aryl methyl sites for hydroxylation is 1. The Labute approximate surface area is 185 Å². The molecule has 0 saturated carbocycles. The average Bonchev–Trinajstić information content (AvgIpc) is 3.06. The van der Waals surface area contributed by atoms with E-state index < -0.39 is 10.0 Å². The first-order chi connectivity index (χ1) is 14.7. The number of imidazole rings is 1. The largest absolute Gasteiger partial charge is 0.508 e. The van der Waals surface area contributed by atoms with Crippen molar-refractivity contribution in [1.29, 1.82) is 0 Å². The zero-order chi connectivity index (χ0) is 22.6. The van der Waals surface area contributed by atoms with Gasteiger partial charge in [-0.15, -0.1) is 0 Å². The van der Waals surface area contributed by atoms with Crippen LogP contribution in [0, 0.1) is 6.92 Å². The summed E-state index contributed by atoms with van der Waals surface area (Å²) in [5.74, 6) is 0.0137. The van der Waals surface area contributed by atoms with Crippen LogP contribution in [0.2, 0.25) is 0 Å². The summed E-state index contributed by atoms with van der Waals surface area (Å²) in [6.07, 6.45) is 1.20. The van der Waals surface area contributed by atoms with E-state index in [1.807, 2.05) is 26.0 Å². The van der Waals surface area contributed by atoms with Crippen LogP contribution in [0.4, 0.5) is 5.69 Å². The third kappa shape index (κ3) is 6.09. The highest BCUT2D eigenvalue weighted by Crippen LogP contribution is 2.26. The topological polar surface area (TPSA) is 138 Å². The molecule has 0 bridgehead atoms. The second kappa shape index (κ2) is 9.54.